The third-order valence-corrected chi connectivity index (χ3v) is 4.85. The van der Waals surface area contributed by atoms with Gasteiger partial charge in [-0.2, -0.15) is 0 Å². The van der Waals surface area contributed by atoms with Gasteiger partial charge in [0.1, 0.15) is 5.82 Å². The van der Waals surface area contributed by atoms with Gasteiger partial charge in [-0.05, 0) is 36.8 Å². The number of hydrogen-bond acceptors (Lipinski definition) is 2. The van der Waals surface area contributed by atoms with Crippen molar-refractivity contribution in [3.63, 3.8) is 0 Å². The second-order valence-electron chi connectivity index (χ2n) is 5.80. The lowest BCUT2D eigenvalue weighted by molar-refractivity contribution is -0.124. The zero-order chi connectivity index (χ0) is 13.9. The molecule has 0 radical (unpaired) electrons. The number of nitrogens with zero attached hydrogens (tertiary/aromatic N) is 1. The highest BCUT2D eigenvalue weighted by Gasteiger charge is 2.57. The number of rotatable bonds is 1. The normalized spacial score (nSPS) is 34.8. The molecule has 5 rings (SSSR count). The highest BCUT2D eigenvalue weighted by Crippen LogP contribution is 2.50. The Kier molecular flexibility index (Phi) is 2.37. The summed E-state index contributed by atoms with van der Waals surface area (Å²) in [5.41, 5.74) is 0.0938. The number of halogens is 1. The summed E-state index contributed by atoms with van der Waals surface area (Å²) in [6.45, 7) is 0. The molecule has 20 heavy (non-hydrogen) atoms. The molecule has 1 aromatic carbocycles. The summed E-state index contributed by atoms with van der Waals surface area (Å²) in [7, 11) is 0. The maximum Gasteiger partial charge on any atom is 0.238 e. The van der Waals surface area contributed by atoms with Gasteiger partial charge < -0.3 is 0 Å². The van der Waals surface area contributed by atoms with Crippen molar-refractivity contribution in [1.82, 2.24) is 0 Å². The summed E-state index contributed by atoms with van der Waals surface area (Å²) in [5.74, 6) is -1.28. The van der Waals surface area contributed by atoms with Gasteiger partial charge in [0.25, 0.3) is 0 Å². The molecule has 1 saturated carbocycles. The van der Waals surface area contributed by atoms with Crippen molar-refractivity contribution in [1.29, 1.82) is 0 Å². The molecule has 2 amide bonds. The fourth-order valence-electron chi connectivity index (χ4n) is 3.94. The van der Waals surface area contributed by atoms with Gasteiger partial charge in [0.05, 0.1) is 17.5 Å². The SMILES string of the molecule is O=C1C2C(C(=O)N1c1ccccc1F)[C@H]1C=C[C@@H]2CC1. The van der Waals surface area contributed by atoms with E-state index in [1.165, 1.54) is 12.1 Å². The molecule has 1 saturated heterocycles. The molecule has 0 spiro atoms. The molecule has 3 nitrogen and oxygen atoms in total. The number of amides is 2. The van der Waals surface area contributed by atoms with Gasteiger partial charge in [-0.3, -0.25) is 9.59 Å². The van der Waals surface area contributed by atoms with Crippen LogP contribution in [0.25, 0.3) is 0 Å². The standard InChI is InChI=1S/C16H14FNO2/c17-11-3-1-2-4-12(11)18-15(19)13-9-5-6-10(8-7-9)14(13)16(18)20/h1-6,9-10,13-14H,7-8H2/t9-,10+,13?,14?. The first-order valence-corrected chi connectivity index (χ1v) is 6.99. The van der Waals surface area contributed by atoms with E-state index in [-0.39, 0.29) is 41.2 Å². The van der Waals surface area contributed by atoms with Gasteiger partial charge in [-0.15, -0.1) is 0 Å². The molecule has 1 heterocycles. The first-order chi connectivity index (χ1) is 9.68. The highest BCUT2D eigenvalue weighted by atomic mass is 19.1. The second kappa shape index (κ2) is 4.01. The van der Waals surface area contributed by atoms with E-state index in [1.54, 1.807) is 12.1 Å². The topological polar surface area (TPSA) is 37.4 Å². The largest absolute Gasteiger partial charge is 0.274 e. The van der Waals surface area contributed by atoms with E-state index >= 15 is 0 Å². The fraction of sp³-hybridized carbons (Fsp3) is 0.375. The third kappa shape index (κ3) is 1.39. The Morgan fingerprint density at radius 1 is 0.950 bits per heavy atom. The van der Waals surface area contributed by atoms with Crippen molar-refractivity contribution in [2.75, 3.05) is 4.90 Å². The van der Waals surface area contributed by atoms with Crippen LogP contribution in [0.2, 0.25) is 0 Å². The number of fused-ring (bicyclic) bond motifs is 1. The predicted molar refractivity (Wildman–Crippen MR) is 71.2 cm³/mol. The number of carbonyl (C=O) groups is 2. The zero-order valence-electron chi connectivity index (χ0n) is 10.8. The molecular formula is C16H14FNO2. The monoisotopic (exact) mass is 271 g/mol. The lowest BCUT2D eigenvalue weighted by Gasteiger charge is -2.38. The van der Waals surface area contributed by atoms with E-state index in [9.17, 15) is 14.0 Å². The number of imide groups is 1. The number of hydrogen-bond donors (Lipinski definition) is 0. The molecule has 0 N–H and O–H groups in total. The van der Waals surface area contributed by atoms with Gasteiger partial charge in [-0.1, -0.05) is 24.3 Å². The number of para-hydroxylation sites is 1. The zero-order valence-corrected chi connectivity index (χ0v) is 10.8. The molecule has 2 fully saturated rings. The maximum absolute atomic E-state index is 13.9. The van der Waals surface area contributed by atoms with Gasteiger partial charge in [0.15, 0.2) is 0 Å². The molecule has 4 heteroatoms. The average Bonchev–Trinajstić information content (AvgIpc) is 2.75. The fourth-order valence-corrected chi connectivity index (χ4v) is 3.94. The van der Waals surface area contributed by atoms with Crippen molar-refractivity contribution < 1.29 is 14.0 Å². The van der Waals surface area contributed by atoms with E-state index in [0.29, 0.717) is 0 Å². The average molecular weight is 271 g/mol. The van der Waals surface area contributed by atoms with Crippen molar-refractivity contribution in [3.8, 4) is 0 Å². The molecule has 0 aromatic heterocycles. The highest BCUT2D eigenvalue weighted by molar-refractivity contribution is 6.22. The summed E-state index contributed by atoms with van der Waals surface area (Å²) < 4.78 is 13.9. The molecule has 3 aliphatic carbocycles. The molecule has 102 valence electrons. The quantitative estimate of drug-likeness (QED) is 0.581. The van der Waals surface area contributed by atoms with Crippen LogP contribution in [0.3, 0.4) is 0 Å². The lowest BCUT2D eigenvalue weighted by atomic mass is 9.63. The van der Waals surface area contributed by atoms with Gasteiger partial charge in [0.2, 0.25) is 11.8 Å². The van der Waals surface area contributed by atoms with Crippen LogP contribution in [-0.2, 0) is 9.59 Å². The molecule has 1 aromatic rings. The Morgan fingerprint density at radius 3 is 2.00 bits per heavy atom. The molecule has 4 aliphatic rings. The van der Waals surface area contributed by atoms with Crippen LogP contribution in [0, 0.1) is 29.5 Å². The minimum atomic E-state index is -0.520. The van der Waals surface area contributed by atoms with Crippen LogP contribution < -0.4 is 4.90 Å². The van der Waals surface area contributed by atoms with Crippen molar-refractivity contribution >= 4 is 17.5 Å². The summed E-state index contributed by atoms with van der Waals surface area (Å²) >= 11 is 0. The smallest absolute Gasteiger partial charge is 0.238 e. The Bertz CT molecular complexity index is 607. The van der Waals surface area contributed by atoms with E-state index in [2.05, 4.69) is 12.2 Å². The second-order valence-corrected chi connectivity index (χ2v) is 5.80. The minimum Gasteiger partial charge on any atom is -0.274 e. The molecule has 2 unspecified atom stereocenters. The van der Waals surface area contributed by atoms with E-state index in [4.69, 9.17) is 0 Å². The number of anilines is 1. The Labute approximate surface area is 116 Å². The van der Waals surface area contributed by atoms with E-state index < -0.39 is 5.82 Å². The van der Waals surface area contributed by atoms with Crippen LogP contribution in [0.15, 0.2) is 36.4 Å². The minimum absolute atomic E-state index is 0.0938. The van der Waals surface area contributed by atoms with Crippen LogP contribution in [0.1, 0.15) is 12.8 Å². The van der Waals surface area contributed by atoms with Crippen LogP contribution in [-0.4, -0.2) is 11.8 Å². The summed E-state index contributed by atoms with van der Waals surface area (Å²) in [5, 5.41) is 0. The lowest BCUT2D eigenvalue weighted by Crippen LogP contribution is -2.38. The maximum atomic E-state index is 13.9. The first-order valence-electron chi connectivity index (χ1n) is 6.99. The summed E-state index contributed by atoms with van der Waals surface area (Å²) in [6, 6.07) is 5.98. The van der Waals surface area contributed by atoms with Gasteiger partial charge in [0, 0.05) is 0 Å². The number of allylic oxidation sites excluding steroid dienone is 2. The molecule has 1 aliphatic heterocycles. The van der Waals surface area contributed by atoms with Gasteiger partial charge >= 0.3 is 0 Å². The third-order valence-electron chi connectivity index (χ3n) is 4.85. The summed E-state index contributed by atoms with van der Waals surface area (Å²) in [6.07, 6.45) is 6.02. The van der Waals surface area contributed by atoms with Crippen molar-refractivity contribution in [2.24, 2.45) is 23.7 Å². The van der Waals surface area contributed by atoms with Crippen LogP contribution in [0.5, 0.6) is 0 Å². The molecule has 2 bridgehead atoms. The molecule has 4 atom stereocenters. The van der Waals surface area contributed by atoms with E-state index in [1.807, 2.05) is 0 Å². The first kappa shape index (κ1) is 11.8. The van der Waals surface area contributed by atoms with Crippen molar-refractivity contribution in [2.45, 2.75) is 12.8 Å². The predicted octanol–water partition coefficient (Wildman–Crippen LogP) is 2.53. The number of benzene rings is 1. The summed E-state index contributed by atoms with van der Waals surface area (Å²) in [4.78, 5) is 26.3. The Balaban J connectivity index is 1.80. The number of carbonyl (C=O) groups excluding carboxylic acids is 2. The van der Waals surface area contributed by atoms with Crippen LogP contribution in [0.4, 0.5) is 10.1 Å². The Morgan fingerprint density at radius 2 is 1.50 bits per heavy atom. The van der Waals surface area contributed by atoms with E-state index in [0.717, 1.165) is 17.7 Å². The van der Waals surface area contributed by atoms with Crippen LogP contribution >= 0.6 is 0 Å². The van der Waals surface area contributed by atoms with Gasteiger partial charge in [-0.25, -0.2) is 9.29 Å². The molecular weight excluding hydrogens is 257 g/mol. The van der Waals surface area contributed by atoms with Crippen molar-refractivity contribution in [3.05, 3.63) is 42.2 Å². The Hall–Kier alpha value is -1.97.